The maximum absolute atomic E-state index is 5.65. The van der Waals surface area contributed by atoms with Gasteiger partial charge < -0.3 is 20.8 Å². The fourth-order valence-electron chi connectivity index (χ4n) is 1.40. The van der Waals surface area contributed by atoms with Gasteiger partial charge in [-0.1, -0.05) is 0 Å². The lowest BCUT2D eigenvalue weighted by molar-refractivity contribution is 0.507. The molecular weight excluding hydrogens is 204 g/mol. The second-order valence-electron chi connectivity index (χ2n) is 3.58. The van der Waals surface area contributed by atoms with E-state index in [0.29, 0.717) is 18.1 Å². The van der Waals surface area contributed by atoms with Gasteiger partial charge in [-0.15, -0.1) is 0 Å². The van der Waals surface area contributed by atoms with Crippen LogP contribution in [-0.2, 0) is 6.54 Å². The Hall–Kier alpha value is -2.17. The molecule has 0 aromatic carbocycles. The summed E-state index contributed by atoms with van der Waals surface area (Å²) in [5, 5.41) is 0. The molecule has 2 aromatic rings. The zero-order valence-corrected chi connectivity index (χ0v) is 9.05. The van der Waals surface area contributed by atoms with E-state index in [0.717, 1.165) is 11.6 Å². The molecule has 4 N–H and O–H groups in total. The van der Waals surface area contributed by atoms with Gasteiger partial charge in [0.05, 0.1) is 18.5 Å². The van der Waals surface area contributed by atoms with E-state index in [1.807, 2.05) is 30.1 Å². The largest absolute Gasteiger partial charge is 0.467 e. The van der Waals surface area contributed by atoms with Gasteiger partial charge in [-0.25, -0.2) is 4.98 Å². The maximum Gasteiger partial charge on any atom is 0.149 e. The monoisotopic (exact) mass is 218 g/mol. The summed E-state index contributed by atoms with van der Waals surface area (Å²) in [5.74, 6) is 1.99. The summed E-state index contributed by atoms with van der Waals surface area (Å²) in [6.07, 6.45) is 1.65. The molecule has 16 heavy (non-hydrogen) atoms. The SMILES string of the molecule is CN(Cc1ccco1)c1ccc(N)c(N)n1. The Morgan fingerprint density at radius 2 is 2.12 bits per heavy atom. The second kappa shape index (κ2) is 4.14. The van der Waals surface area contributed by atoms with E-state index in [-0.39, 0.29) is 0 Å². The Morgan fingerprint density at radius 1 is 1.31 bits per heavy atom. The van der Waals surface area contributed by atoms with Crippen molar-refractivity contribution in [1.29, 1.82) is 0 Å². The molecule has 0 atom stereocenters. The van der Waals surface area contributed by atoms with E-state index in [1.54, 1.807) is 12.3 Å². The van der Waals surface area contributed by atoms with Crippen LogP contribution in [0.15, 0.2) is 34.9 Å². The van der Waals surface area contributed by atoms with Gasteiger partial charge in [-0.3, -0.25) is 0 Å². The number of hydrogen-bond acceptors (Lipinski definition) is 5. The molecule has 0 unspecified atom stereocenters. The Bertz CT molecular complexity index is 467. The van der Waals surface area contributed by atoms with Crippen molar-refractivity contribution in [2.24, 2.45) is 0 Å². The lowest BCUT2D eigenvalue weighted by Crippen LogP contribution is -2.18. The van der Waals surface area contributed by atoms with Gasteiger partial charge in [0, 0.05) is 7.05 Å². The number of furan rings is 1. The Balaban J connectivity index is 2.14. The van der Waals surface area contributed by atoms with Crippen LogP contribution in [0, 0.1) is 0 Å². The topological polar surface area (TPSA) is 81.3 Å². The van der Waals surface area contributed by atoms with Crippen LogP contribution in [0.2, 0.25) is 0 Å². The highest BCUT2D eigenvalue weighted by molar-refractivity contribution is 5.62. The molecule has 0 bridgehead atoms. The minimum absolute atomic E-state index is 0.351. The summed E-state index contributed by atoms with van der Waals surface area (Å²) in [5.41, 5.74) is 11.7. The highest BCUT2D eigenvalue weighted by Crippen LogP contribution is 2.18. The second-order valence-corrected chi connectivity index (χ2v) is 3.58. The molecule has 0 saturated carbocycles. The van der Waals surface area contributed by atoms with E-state index in [1.165, 1.54) is 0 Å². The van der Waals surface area contributed by atoms with Crippen LogP contribution in [-0.4, -0.2) is 12.0 Å². The van der Waals surface area contributed by atoms with Crippen LogP contribution in [0.1, 0.15) is 5.76 Å². The molecule has 84 valence electrons. The number of anilines is 3. The van der Waals surface area contributed by atoms with Crippen LogP contribution < -0.4 is 16.4 Å². The molecule has 5 nitrogen and oxygen atoms in total. The molecular formula is C11H14N4O. The molecule has 2 heterocycles. The Kier molecular flexibility index (Phi) is 2.68. The smallest absolute Gasteiger partial charge is 0.149 e. The van der Waals surface area contributed by atoms with Crippen molar-refractivity contribution in [3.05, 3.63) is 36.3 Å². The zero-order valence-electron chi connectivity index (χ0n) is 9.05. The van der Waals surface area contributed by atoms with Gasteiger partial charge in [-0.05, 0) is 24.3 Å². The van der Waals surface area contributed by atoms with Gasteiger partial charge in [-0.2, -0.15) is 0 Å². The predicted molar refractivity (Wildman–Crippen MR) is 63.9 cm³/mol. The van der Waals surface area contributed by atoms with Crippen molar-refractivity contribution in [3.8, 4) is 0 Å². The average molecular weight is 218 g/mol. The number of aromatic nitrogens is 1. The highest BCUT2D eigenvalue weighted by atomic mass is 16.3. The van der Waals surface area contributed by atoms with Crippen molar-refractivity contribution in [1.82, 2.24) is 4.98 Å². The third-order valence-electron chi connectivity index (χ3n) is 2.31. The first kappa shape index (κ1) is 10.4. The molecule has 0 spiro atoms. The molecule has 2 rings (SSSR count). The average Bonchev–Trinajstić information content (AvgIpc) is 2.74. The molecule has 2 aromatic heterocycles. The minimum Gasteiger partial charge on any atom is -0.467 e. The van der Waals surface area contributed by atoms with E-state index >= 15 is 0 Å². The summed E-state index contributed by atoms with van der Waals surface area (Å²) in [4.78, 5) is 6.13. The number of nitrogens with two attached hydrogens (primary N) is 2. The first-order valence-electron chi connectivity index (χ1n) is 4.92. The maximum atomic E-state index is 5.65. The predicted octanol–water partition coefficient (Wildman–Crippen LogP) is 1.48. The van der Waals surface area contributed by atoms with Gasteiger partial charge in [0.15, 0.2) is 0 Å². The fraction of sp³-hybridized carbons (Fsp3) is 0.182. The summed E-state index contributed by atoms with van der Waals surface area (Å²) in [7, 11) is 1.92. The third kappa shape index (κ3) is 2.08. The molecule has 5 heteroatoms. The summed E-state index contributed by atoms with van der Waals surface area (Å²) >= 11 is 0. The van der Waals surface area contributed by atoms with Crippen LogP contribution in [0.5, 0.6) is 0 Å². The van der Waals surface area contributed by atoms with Crippen LogP contribution in [0.3, 0.4) is 0 Å². The quantitative estimate of drug-likeness (QED) is 0.815. The molecule has 0 aliphatic carbocycles. The Morgan fingerprint density at radius 3 is 2.75 bits per heavy atom. The number of hydrogen-bond donors (Lipinski definition) is 2. The van der Waals surface area contributed by atoms with Gasteiger partial charge in [0.2, 0.25) is 0 Å². The van der Waals surface area contributed by atoms with E-state index in [2.05, 4.69) is 4.98 Å². The molecule has 0 amide bonds. The third-order valence-corrected chi connectivity index (χ3v) is 2.31. The fourth-order valence-corrected chi connectivity index (χ4v) is 1.40. The first-order chi connectivity index (χ1) is 7.66. The summed E-state index contributed by atoms with van der Waals surface area (Å²) in [6, 6.07) is 7.34. The summed E-state index contributed by atoms with van der Waals surface area (Å²) in [6.45, 7) is 0.642. The molecule has 0 aliphatic rings. The van der Waals surface area contributed by atoms with Crippen LogP contribution in [0.25, 0.3) is 0 Å². The van der Waals surface area contributed by atoms with E-state index in [9.17, 15) is 0 Å². The minimum atomic E-state index is 0.351. The van der Waals surface area contributed by atoms with Crippen LogP contribution >= 0.6 is 0 Å². The summed E-state index contributed by atoms with van der Waals surface area (Å²) < 4.78 is 5.25. The van der Waals surface area contributed by atoms with Crippen LogP contribution in [0.4, 0.5) is 17.3 Å². The number of nitrogen functional groups attached to an aromatic ring is 2. The lowest BCUT2D eigenvalue weighted by Gasteiger charge is -2.17. The number of pyridine rings is 1. The number of rotatable bonds is 3. The molecule has 0 fully saturated rings. The van der Waals surface area contributed by atoms with Gasteiger partial charge in [0.1, 0.15) is 17.4 Å². The van der Waals surface area contributed by atoms with Gasteiger partial charge >= 0.3 is 0 Å². The molecule has 0 aliphatic heterocycles. The normalized spacial score (nSPS) is 10.3. The lowest BCUT2D eigenvalue weighted by atomic mass is 10.3. The van der Waals surface area contributed by atoms with Gasteiger partial charge in [0.25, 0.3) is 0 Å². The van der Waals surface area contributed by atoms with Crippen molar-refractivity contribution >= 4 is 17.3 Å². The zero-order chi connectivity index (χ0) is 11.5. The molecule has 0 radical (unpaired) electrons. The first-order valence-corrected chi connectivity index (χ1v) is 4.92. The van der Waals surface area contributed by atoms with E-state index < -0.39 is 0 Å². The molecule has 0 saturated heterocycles. The van der Waals surface area contributed by atoms with Crippen molar-refractivity contribution in [2.75, 3.05) is 23.4 Å². The van der Waals surface area contributed by atoms with E-state index in [4.69, 9.17) is 15.9 Å². The number of nitrogens with zero attached hydrogens (tertiary/aromatic N) is 2. The highest BCUT2D eigenvalue weighted by Gasteiger charge is 2.06. The standard InChI is InChI=1S/C11H14N4O/c1-15(7-8-3-2-6-16-8)10-5-4-9(12)11(13)14-10/h2-6H,7,12H2,1H3,(H2,13,14). The van der Waals surface area contributed by atoms with Crippen molar-refractivity contribution in [2.45, 2.75) is 6.54 Å². The van der Waals surface area contributed by atoms with Crippen molar-refractivity contribution < 1.29 is 4.42 Å². The Labute approximate surface area is 93.7 Å². The van der Waals surface area contributed by atoms with Crippen molar-refractivity contribution in [3.63, 3.8) is 0 Å².